The zero-order chi connectivity index (χ0) is 15.2. The van der Waals surface area contributed by atoms with E-state index < -0.39 is 0 Å². The summed E-state index contributed by atoms with van der Waals surface area (Å²) in [7, 11) is 3.25. The van der Waals surface area contributed by atoms with Crippen molar-refractivity contribution in [1.82, 2.24) is 4.90 Å². The molecule has 0 bridgehead atoms. The van der Waals surface area contributed by atoms with Crippen LogP contribution in [0.5, 0.6) is 0 Å². The Morgan fingerprint density at radius 1 is 1.05 bits per heavy atom. The van der Waals surface area contributed by atoms with Crippen LogP contribution in [0.2, 0.25) is 0 Å². The number of hydrogen-bond acceptors (Lipinski definition) is 3. The summed E-state index contributed by atoms with van der Waals surface area (Å²) >= 11 is 0. The zero-order valence-electron chi connectivity index (χ0n) is 12.2. The molecule has 0 N–H and O–H groups in total. The van der Waals surface area contributed by atoms with Crippen molar-refractivity contribution in [2.75, 3.05) is 20.7 Å². The number of nitrogens with zero attached hydrogens (tertiary/aromatic N) is 1. The molecule has 21 heavy (non-hydrogen) atoms. The Bertz CT molecular complexity index is 593. The van der Waals surface area contributed by atoms with Gasteiger partial charge in [0.25, 0.3) is 0 Å². The van der Waals surface area contributed by atoms with Crippen LogP contribution in [0.15, 0.2) is 48.5 Å². The van der Waals surface area contributed by atoms with Gasteiger partial charge in [-0.1, -0.05) is 36.4 Å². The van der Waals surface area contributed by atoms with Crippen molar-refractivity contribution >= 4 is 5.97 Å². The van der Waals surface area contributed by atoms with Gasteiger partial charge in [-0.25, -0.2) is 4.39 Å². The van der Waals surface area contributed by atoms with E-state index in [-0.39, 0.29) is 18.3 Å². The normalized spacial score (nSPS) is 10.7. The van der Waals surface area contributed by atoms with Crippen molar-refractivity contribution < 1.29 is 13.9 Å². The maximum atomic E-state index is 12.9. The van der Waals surface area contributed by atoms with Crippen molar-refractivity contribution in [3.63, 3.8) is 0 Å². The Balaban J connectivity index is 2.02. The van der Waals surface area contributed by atoms with Crippen LogP contribution in [0.4, 0.5) is 4.39 Å². The van der Waals surface area contributed by atoms with Crippen LogP contribution in [0.1, 0.15) is 5.56 Å². The van der Waals surface area contributed by atoms with Gasteiger partial charge in [0.15, 0.2) is 0 Å². The summed E-state index contributed by atoms with van der Waals surface area (Å²) in [5, 5.41) is 0. The second-order valence-corrected chi connectivity index (χ2v) is 4.95. The highest BCUT2D eigenvalue weighted by Gasteiger charge is 2.07. The fourth-order valence-corrected chi connectivity index (χ4v) is 2.10. The number of carbonyl (C=O) groups excluding carboxylic acids is 1. The summed E-state index contributed by atoms with van der Waals surface area (Å²) in [4.78, 5) is 13.1. The van der Waals surface area contributed by atoms with Gasteiger partial charge in [-0.3, -0.25) is 9.69 Å². The quantitative estimate of drug-likeness (QED) is 0.791. The van der Waals surface area contributed by atoms with E-state index in [0.29, 0.717) is 6.54 Å². The van der Waals surface area contributed by atoms with E-state index in [0.717, 1.165) is 16.7 Å². The molecule has 0 atom stereocenters. The maximum Gasteiger partial charge on any atom is 0.319 e. The maximum absolute atomic E-state index is 12.9. The molecule has 0 aliphatic carbocycles. The van der Waals surface area contributed by atoms with Crippen LogP contribution in [0.25, 0.3) is 11.1 Å². The van der Waals surface area contributed by atoms with Crippen LogP contribution in [0.3, 0.4) is 0 Å². The molecule has 0 amide bonds. The van der Waals surface area contributed by atoms with Gasteiger partial charge in [-0.2, -0.15) is 0 Å². The van der Waals surface area contributed by atoms with Gasteiger partial charge in [-0.05, 0) is 35.9 Å². The summed E-state index contributed by atoms with van der Waals surface area (Å²) < 4.78 is 17.5. The molecule has 0 aliphatic rings. The third kappa shape index (κ3) is 4.39. The SMILES string of the molecule is COC(=O)CN(C)Cc1ccc(-c2ccc(F)cc2)cc1. The van der Waals surface area contributed by atoms with E-state index in [1.54, 1.807) is 12.1 Å². The Morgan fingerprint density at radius 3 is 2.10 bits per heavy atom. The van der Waals surface area contributed by atoms with Gasteiger partial charge in [0, 0.05) is 6.54 Å². The van der Waals surface area contributed by atoms with Crippen LogP contribution in [-0.4, -0.2) is 31.6 Å². The predicted molar refractivity (Wildman–Crippen MR) is 80.2 cm³/mol. The van der Waals surface area contributed by atoms with E-state index in [1.807, 2.05) is 36.2 Å². The zero-order valence-corrected chi connectivity index (χ0v) is 12.2. The molecule has 0 radical (unpaired) electrons. The van der Waals surface area contributed by atoms with Crippen LogP contribution in [-0.2, 0) is 16.1 Å². The number of carbonyl (C=O) groups is 1. The van der Waals surface area contributed by atoms with Gasteiger partial charge in [0.2, 0.25) is 0 Å². The lowest BCUT2D eigenvalue weighted by Gasteiger charge is -2.15. The third-order valence-corrected chi connectivity index (χ3v) is 3.21. The van der Waals surface area contributed by atoms with Crippen LogP contribution in [0, 0.1) is 5.82 Å². The van der Waals surface area contributed by atoms with E-state index in [1.165, 1.54) is 19.2 Å². The second kappa shape index (κ2) is 6.99. The lowest BCUT2D eigenvalue weighted by molar-refractivity contribution is -0.141. The molecule has 0 unspecified atom stereocenters. The first kappa shape index (κ1) is 15.2. The Morgan fingerprint density at radius 2 is 1.57 bits per heavy atom. The number of esters is 1. The first-order chi connectivity index (χ1) is 10.1. The number of likely N-dealkylation sites (N-methyl/N-ethyl adjacent to an activating group) is 1. The van der Waals surface area contributed by atoms with Crippen molar-refractivity contribution in [2.24, 2.45) is 0 Å². The van der Waals surface area contributed by atoms with Gasteiger partial charge in [0.05, 0.1) is 13.7 Å². The molecule has 0 aliphatic heterocycles. The lowest BCUT2D eigenvalue weighted by Crippen LogP contribution is -2.26. The first-order valence-electron chi connectivity index (χ1n) is 6.68. The molecule has 4 heteroatoms. The standard InChI is InChI=1S/C17H18FNO2/c1-19(12-17(20)21-2)11-13-3-5-14(6-4-13)15-7-9-16(18)10-8-15/h3-10H,11-12H2,1-2H3. The predicted octanol–water partition coefficient (Wildman–Crippen LogP) is 3.10. The van der Waals surface area contributed by atoms with E-state index >= 15 is 0 Å². The smallest absolute Gasteiger partial charge is 0.319 e. The summed E-state index contributed by atoms with van der Waals surface area (Å²) in [5.41, 5.74) is 3.12. The highest BCUT2D eigenvalue weighted by atomic mass is 19.1. The molecule has 0 aromatic heterocycles. The first-order valence-corrected chi connectivity index (χ1v) is 6.68. The molecule has 0 saturated heterocycles. The number of ether oxygens (including phenoxy) is 1. The summed E-state index contributed by atoms with van der Waals surface area (Å²) in [6, 6.07) is 14.4. The summed E-state index contributed by atoms with van der Waals surface area (Å²) in [6.45, 7) is 0.926. The minimum atomic E-state index is -0.250. The molecule has 110 valence electrons. The molecule has 3 nitrogen and oxygen atoms in total. The van der Waals surface area contributed by atoms with Gasteiger partial charge in [0.1, 0.15) is 5.82 Å². The minimum Gasteiger partial charge on any atom is -0.468 e. The second-order valence-electron chi connectivity index (χ2n) is 4.95. The Hall–Kier alpha value is -2.20. The molecule has 0 spiro atoms. The number of methoxy groups -OCH3 is 1. The fraction of sp³-hybridized carbons (Fsp3) is 0.235. The topological polar surface area (TPSA) is 29.5 Å². The Labute approximate surface area is 124 Å². The molecule has 2 aromatic carbocycles. The molecular weight excluding hydrogens is 269 g/mol. The van der Waals surface area contributed by atoms with Crippen molar-refractivity contribution in [1.29, 1.82) is 0 Å². The molecule has 0 fully saturated rings. The number of benzene rings is 2. The van der Waals surface area contributed by atoms with Crippen molar-refractivity contribution in [3.8, 4) is 11.1 Å². The van der Waals surface area contributed by atoms with E-state index in [9.17, 15) is 9.18 Å². The van der Waals surface area contributed by atoms with E-state index in [4.69, 9.17) is 0 Å². The highest BCUT2D eigenvalue weighted by Crippen LogP contribution is 2.20. The van der Waals surface area contributed by atoms with E-state index in [2.05, 4.69) is 4.74 Å². The third-order valence-electron chi connectivity index (χ3n) is 3.21. The average molecular weight is 287 g/mol. The number of rotatable bonds is 5. The number of hydrogen-bond donors (Lipinski definition) is 0. The Kier molecular flexibility index (Phi) is 5.06. The summed E-state index contributed by atoms with van der Waals surface area (Å²) in [5.74, 6) is -0.486. The lowest BCUT2D eigenvalue weighted by atomic mass is 10.0. The van der Waals surface area contributed by atoms with Gasteiger partial charge in [-0.15, -0.1) is 0 Å². The average Bonchev–Trinajstić information content (AvgIpc) is 2.48. The number of halogens is 1. The molecule has 0 heterocycles. The molecule has 2 rings (SSSR count). The van der Waals surface area contributed by atoms with Crippen molar-refractivity contribution in [2.45, 2.75) is 6.54 Å². The molecule has 2 aromatic rings. The van der Waals surface area contributed by atoms with Crippen molar-refractivity contribution in [3.05, 3.63) is 59.9 Å². The fourth-order valence-electron chi connectivity index (χ4n) is 2.10. The van der Waals surface area contributed by atoms with Crippen LogP contribution >= 0.6 is 0 Å². The minimum absolute atomic E-state index is 0.236. The summed E-state index contributed by atoms with van der Waals surface area (Å²) in [6.07, 6.45) is 0. The van der Waals surface area contributed by atoms with Gasteiger partial charge < -0.3 is 4.74 Å². The molecular formula is C17H18FNO2. The van der Waals surface area contributed by atoms with Gasteiger partial charge >= 0.3 is 5.97 Å². The largest absolute Gasteiger partial charge is 0.468 e. The van der Waals surface area contributed by atoms with Crippen LogP contribution < -0.4 is 0 Å². The highest BCUT2D eigenvalue weighted by molar-refractivity contribution is 5.71. The molecule has 0 saturated carbocycles. The monoisotopic (exact) mass is 287 g/mol.